The Morgan fingerprint density at radius 3 is 1.32 bits per heavy atom. The van der Waals surface area contributed by atoms with E-state index in [9.17, 15) is 5.11 Å². The molecule has 9 aliphatic rings. The third-order valence-corrected chi connectivity index (χ3v) is 29.5. The largest absolute Gasteiger partial charge is 0.497 e. The van der Waals surface area contributed by atoms with Gasteiger partial charge >= 0.3 is 0 Å². The number of nitrogens with zero attached hydrogens (tertiary/aromatic N) is 6. The highest BCUT2D eigenvalue weighted by atomic mass is 16.5. The quantitative estimate of drug-likeness (QED) is 0.0329. The highest BCUT2D eigenvalue weighted by molar-refractivity contribution is 6.03. The molecule has 9 aliphatic heterocycles. The maximum atomic E-state index is 11.9. The summed E-state index contributed by atoms with van der Waals surface area (Å²) in [5.74, 6) is 5.46. The zero-order chi connectivity index (χ0) is 80.8. The molecule has 1 N–H and O–H groups in total. The van der Waals surface area contributed by atoms with Crippen LogP contribution in [0.25, 0.3) is 86.6 Å². The summed E-state index contributed by atoms with van der Waals surface area (Å²) in [6.07, 6.45) is 17.9. The number of piperidine rings is 9. The predicted molar refractivity (Wildman–Crippen MR) is 505 cm³/mol. The number of rotatable bonds is 21. The zero-order valence-electron chi connectivity index (χ0n) is 72.3. The Hall–Kier alpha value is -11.0. The van der Waals surface area contributed by atoms with E-state index in [1.165, 1.54) is 126 Å². The molecule has 15 atom stereocenters. The Labute approximate surface area is 722 Å². The van der Waals surface area contributed by atoms with E-state index < -0.39 is 6.10 Å². The topological polar surface area (TPSA) is 95.8 Å². The molecule has 11 heteroatoms. The Morgan fingerprint density at radius 1 is 0.393 bits per heavy atom. The van der Waals surface area contributed by atoms with E-state index in [-0.39, 0.29) is 46.6 Å². The van der Waals surface area contributed by atoms with Crippen molar-refractivity contribution in [2.45, 2.75) is 115 Å². The number of ether oxygens (including phenoxy) is 4. The average Bonchev–Trinajstić information content (AvgIpc) is 0.738. The summed E-state index contributed by atoms with van der Waals surface area (Å²) in [6, 6.07) is 94.3. The van der Waals surface area contributed by atoms with Crippen molar-refractivity contribution in [1.82, 2.24) is 15.0 Å². The second kappa shape index (κ2) is 36.2. The number of aliphatic hydroxyl groups excluding tert-OH is 1. The van der Waals surface area contributed by atoms with Crippen LogP contribution in [0.4, 0.5) is 0 Å². The second-order valence-electron chi connectivity index (χ2n) is 35.4. The van der Waals surface area contributed by atoms with E-state index in [0.29, 0.717) is 36.3 Å². The van der Waals surface area contributed by atoms with Gasteiger partial charge < -0.3 is 59.8 Å². The van der Waals surface area contributed by atoms with Gasteiger partial charge in [0.1, 0.15) is 67.6 Å². The standard InChI is InChI=1S/C42H41N2O2.C36H37N2O2.C30H33N2O.3CH3/c1-3-30-26-44(27-39-35-15-9-7-13-32(35)23-33-14-8-10-16-36(33)39)22-20-31(30)24-41(44)42(46-28-29-11-5-4-6-12-29)37-19-21-43-40-18-17-34(45-2)25-38(37)40;1-4-24-22-38(23-33-29-11-7-5-9-26(29)19-27-10-6-8-12-30(27)33)18-16-25(24)20-35(38)36(40-3)31-15-17-37-34-14-13-28(39-2)21-32(31)34;1-2-22-20-32(19-21-11-12-23-7-3-4-8-24(23)17-21)16-14-25(22)18-29(32)30(33)27-13-15-31-28-10-6-5-9-26(27)28;;;/h3-19,21,23,25,30-31,41-42H,1,20,22,24,26-28H2,2H3;4-15,17,19,21,24-25,35-36H,1,16,18,20,22-23H2,2-3H3;3-13,15,17,22,25,29-30,33H,2,14,16,18-20H2,1H3;3*1H3/q3*+1;3*-1/t30?,31?,41?,42-,44?;24?,25?,35?,36-,38?;22?,25?,29?,30-,32?;;;/m000.../s1. The third-order valence-electron chi connectivity index (χ3n) is 29.5. The number of aromatic nitrogens is 3. The van der Waals surface area contributed by atoms with Crippen molar-refractivity contribution < 1.29 is 37.5 Å². The van der Waals surface area contributed by atoms with Gasteiger partial charge in [-0.25, -0.2) is 0 Å². The van der Waals surface area contributed by atoms with Crippen LogP contribution in [0.5, 0.6) is 11.5 Å². The molecule has 24 rings (SSSR count). The summed E-state index contributed by atoms with van der Waals surface area (Å²) in [5, 5.41) is 28.5. The number of benzene rings is 12. The molecule has 12 heterocycles. The van der Waals surface area contributed by atoms with Crippen molar-refractivity contribution in [3.05, 3.63) is 366 Å². The number of hydrogen-bond donors (Lipinski definition) is 1. The predicted octanol–water partition coefficient (Wildman–Crippen LogP) is 24.9. The minimum atomic E-state index is -0.473. The second-order valence-corrected chi connectivity index (χ2v) is 35.4. The summed E-state index contributed by atoms with van der Waals surface area (Å²) < 4.78 is 28.0. The first-order valence-corrected chi connectivity index (χ1v) is 43.6. The Balaban J connectivity index is 0.000000136. The molecule has 0 saturated carbocycles. The van der Waals surface area contributed by atoms with E-state index in [4.69, 9.17) is 23.9 Å². The van der Waals surface area contributed by atoms with E-state index >= 15 is 0 Å². The van der Waals surface area contributed by atoms with Crippen LogP contribution in [0.3, 0.4) is 0 Å². The van der Waals surface area contributed by atoms with Crippen molar-refractivity contribution in [3.8, 4) is 11.5 Å². The number of hydrogen-bond acceptors (Lipinski definition) is 8. The molecule has 11 nitrogen and oxygen atoms in total. The van der Waals surface area contributed by atoms with Gasteiger partial charge in [0.05, 0.1) is 76.6 Å². The Morgan fingerprint density at radius 2 is 0.820 bits per heavy atom. The smallest absolute Gasteiger partial charge is 0.135 e. The van der Waals surface area contributed by atoms with Crippen LogP contribution < -0.4 is 9.47 Å². The number of methoxy groups -OCH3 is 3. The number of pyridine rings is 3. The summed E-state index contributed by atoms with van der Waals surface area (Å²) >= 11 is 0. The molecular formula is C111H120N6O5. The first-order chi connectivity index (χ1) is 58.5. The van der Waals surface area contributed by atoms with Gasteiger partial charge in [-0.05, 0) is 179 Å². The lowest BCUT2D eigenvalue weighted by Crippen LogP contribution is -2.67. The van der Waals surface area contributed by atoms with Crippen molar-refractivity contribution in [2.24, 2.45) is 35.5 Å². The van der Waals surface area contributed by atoms with Crippen LogP contribution in [0, 0.1) is 57.8 Å². The monoisotopic (exact) mass is 1620 g/mol. The van der Waals surface area contributed by atoms with E-state index in [2.05, 4.69) is 273 Å². The zero-order valence-corrected chi connectivity index (χ0v) is 72.3. The maximum absolute atomic E-state index is 11.9. The van der Waals surface area contributed by atoms with Crippen LogP contribution in [-0.2, 0) is 35.7 Å². The summed E-state index contributed by atoms with van der Waals surface area (Å²) in [4.78, 5) is 14.0. The van der Waals surface area contributed by atoms with Gasteiger partial charge in [0, 0.05) is 115 Å². The molecule has 15 aromatic rings. The highest BCUT2D eigenvalue weighted by Gasteiger charge is 2.58. The van der Waals surface area contributed by atoms with Crippen molar-refractivity contribution in [3.63, 3.8) is 0 Å². The van der Waals surface area contributed by atoms with Gasteiger partial charge in [-0.3, -0.25) is 15.0 Å². The summed E-state index contributed by atoms with van der Waals surface area (Å²) in [7, 11) is 5.34. The SMILES string of the molecule is C=CC1C[N+]2(Cc3c4ccccc4cc4ccccc34)CCC1CC2[C@@H](OC)c1ccnc2ccc(OC)cc12.C=CC1C[N+]2(Cc3c4ccccc4cc4ccccc34)CCC1CC2[C@@H](OCc1ccccc1)c1ccnc2ccc(OC)cc12.CCC1C[N+]2(Cc3ccc4ccccc4c3)CCC1CC2[C@@H](O)c1ccnc2ccccc12.[CH3-].[CH3-].[CH3-]. The summed E-state index contributed by atoms with van der Waals surface area (Å²) in [6.45, 7) is 21.3. The molecular weight excluding hydrogens is 1500 g/mol. The molecule has 0 radical (unpaired) electrons. The normalized spacial score (nSPS) is 24.4. The lowest BCUT2D eigenvalue weighted by Gasteiger charge is -2.58. The number of quaternary nitrogens is 3. The van der Waals surface area contributed by atoms with Gasteiger partial charge in [-0.1, -0.05) is 201 Å². The fraction of sp³-hybridized carbons (Fsp3) is 0.297. The van der Waals surface area contributed by atoms with E-state index in [0.717, 1.165) is 140 Å². The van der Waals surface area contributed by atoms with Crippen LogP contribution >= 0.6 is 0 Å². The fourth-order valence-corrected chi connectivity index (χ4v) is 23.6. The maximum Gasteiger partial charge on any atom is 0.135 e. The number of aliphatic hydroxyl groups is 1. The highest BCUT2D eigenvalue weighted by Crippen LogP contribution is 2.54. The Kier molecular flexibility index (Phi) is 25.1. The lowest BCUT2D eigenvalue weighted by atomic mass is 9.70. The van der Waals surface area contributed by atoms with Crippen LogP contribution in [0.15, 0.2) is 305 Å². The molecule has 0 spiro atoms. The van der Waals surface area contributed by atoms with Gasteiger partial charge in [0.15, 0.2) is 0 Å². The van der Waals surface area contributed by atoms with E-state index in [1.807, 2.05) is 56.0 Å². The molecule has 9 saturated heterocycles. The van der Waals surface area contributed by atoms with E-state index in [1.54, 1.807) is 14.2 Å². The molecule has 12 aromatic carbocycles. The van der Waals surface area contributed by atoms with Gasteiger partial charge in [-0.15, -0.1) is 13.2 Å². The molecule has 9 fully saturated rings. The minimum absolute atomic E-state index is 0. The molecule has 0 amide bonds. The van der Waals surface area contributed by atoms with Gasteiger partial charge in [0.2, 0.25) is 0 Å². The first-order valence-electron chi connectivity index (χ1n) is 43.6. The third kappa shape index (κ3) is 15.9. The first kappa shape index (κ1) is 84.6. The molecule has 6 bridgehead atoms. The minimum Gasteiger partial charge on any atom is -0.497 e. The lowest BCUT2D eigenvalue weighted by molar-refractivity contribution is -0.985. The fourth-order valence-electron chi connectivity index (χ4n) is 23.6. The van der Waals surface area contributed by atoms with Crippen LogP contribution in [0.2, 0.25) is 0 Å². The van der Waals surface area contributed by atoms with Crippen LogP contribution in [0.1, 0.15) is 109 Å². The molecule has 122 heavy (non-hydrogen) atoms. The van der Waals surface area contributed by atoms with Crippen LogP contribution in [-0.4, -0.2) is 112 Å². The number of fused-ring (bicyclic) bond motifs is 17. The molecule has 3 aromatic heterocycles. The number of para-hydroxylation sites is 1. The molecule has 0 aliphatic carbocycles. The summed E-state index contributed by atoms with van der Waals surface area (Å²) in [5.41, 5.74) is 11.9. The van der Waals surface area contributed by atoms with Gasteiger partial charge in [-0.2, -0.15) is 0 Å². The van der Waals surface area contributed by atoms with Crippen molar-refractivity contribution >= 4 is 86.6 Å². The average molecular weight is 1620 g/mol. The van der Waals surface area contributed by atoms with Crippen molar-refractivity contribution in [2.75, 3.05) is 60.6 Å². The van der Waals surface area contributed by atoms with Gasteiger partial charge in [0.25, 0.3) is 0 Å². The van der Waals surface area contributed by atoms with Crippen molar-refractivity contribution in [1.29, 1.82) is 0 Å². The Bertz CT molecular complexity index is 6140. The molecule has 12 unspecified atom stereocenters. The molecule has 624 valence electrons.